The number of benzene rings is 1. The van der Waals surface area contributed by atoms with Crippen LogP contribution < -0.4 is 11.1 Å². The molecule has 0 radical (unpaired) electrons. The highest BCUT2D eigenvalue weighted by Crippen LogP contribution is 2.11. The van der Waals surface area contributed by atoms with E-state index in [1.54, 1.807) is 6.07 Å². The molecule has 1 unspecified atom stereocenters. The predicted octanol–water partition coefficient (Wildman–Crippen LogP) is 3.24. The molecular formula is C16H24N2O2S. The van der Waals surface area contributed by atoms with Crippen LogP contribution in [0.1, 0.15) is 45.1 Å². The fraction of sp³-hybridized carbons (Fsp3) is 0.500. The van der Waals surface area contributed by atoms with Gasteiger partial charge in [0.2, 0.25) is 5.91 Å². The Hall–Kier alpha value is -1.46. The molecular weight excluding hydrogens is 284 g/mol. The third-order valence-corrected chi connectivity index (χ3v) is 3.31. The van der Waals surface area contributed by atoms with Gasteiger partial charge < -0.3 is 15.8 Å². The van der Waals surface area contributed by atoms with Crippen LogP contribution in [0.25, 0.3) is 0 Å². The van der Waals surface area contributed by atoms with Crippen LogP contribution in [0.5, 0.6) is 0 Å². The Balaban J connectivity index is 2.31. The predicted molar refractivity (Wildman–Crippen MR) is 90.5 cm³/mol. The van der Waals surface area contributed by atoms with Gasteiger partial charge in [-0.2, -0.15) is 0 Å². The number of carbonyl (C=O) groups excluding carboxylic acids is 1. The lowest BCUT2D eigenvalue weighted by molar-refractivity contribution is -0.116. The molecule has 1 atom stereocenters. The van der Waals surface area contributed by atoms with E-state index in [0.29, 0.717) is 23.7 Å². The summed E-state index contributed by atoms with van der Waals surface area (Å²) in [6.45, 7) is 4.81. The van der Waals surface area contributed by atoms with E-state index in [0.717, 1.165) is 24.8 Å². The number of ether oxygens (including phenoxy) is 1. The standard InChI is InChI=1S/C16H24N2O2S/c1-3-6-12(2)20-10-5-9-15(19)18-14-8-4-7-13(11-14)16(17)21/h4,7-8,11-12H,3,5-6,9-10H2,1-2H3,(H2,17,21)(H,18,19). The molecule has 0 saturated carbocycles. The molecule has 0 bridgehead atoms. The fourth-order valence-electron chi connectivity index (χ4n) is 1.98. The summed E-state index contributed by atoms with van der Waals surface area (Å²) in [4.78, 5) is 12.2. The van der Waals surface area contributed by atoms with E-state index < -0.39 is 0 Å². The van der Waals surface area contributed by atoms with Crippen LogP contribution in [0.2, 0.25) is 0 Å². The molecule has 1 amide bonds. The molecule has 3 N–H and O–H groups in total. The first-order chi connectivity index (χ1) is 10.0. The highest BCUT2D eigenvalue weighted by Gasteiger charge is 2.05. The summed E-state index contributed by atoms with van der Waals surface area (Å²) in [5.74, 6) is -0.0261. The van der Waals surface area contributed by atoms with Gasteiger partial charge in [-0.05, 0) is 31.9 Å². The average molecular weight is 308 g/mol. The van der Waals surface area contributed by atoms with Gasteiger partial charge in [-0.25, -0.2) is 0 Å². The van der Waals surface area contributed by atoms with Crippen molar-refractivity contribution in [3.8, 4) is 0 Å². The van der Waals surface area contributed by atoms with E-state index in [-0.39, 0.29) is 12.0 Å². The number of nitrogens with one attached hydrogen (secondary N) is 1. The molecule has 0 aromatic heterocycles. The van der Waals surface area contributed by atoms with Gasteiger partial charge in [-0.1, -0.05) is 37.7 Å². The topological polar surface area (TPSA) is 64.3 Å². The summed E-state index contributed by atoms with van der Waals surface area (Å²) in [6.07, 6.45) is 3.59. The van der Waals surface area contributed by atoms with Gasteiger partial charge in [0.15, 0.2) is 0 Å². The summed E-state index contributed by atoms with van der Waals surface area (Å²) in [6, 6.07) is 7.24. The zero-order valence-corrected chi connectivity index (χ0v) is 13.5. The second-order valence-electron chi connectivity index (χ2n) is 5.07. The lowest BCUT2D eigenvalue weighted by Gasteiger charge is -2.11. The normalized spacial score (nSPS) is 11.9. The van der Waals surface area contributed by atoms with Crippen LogP contribution in [0, 0.1) is 0 Å². The number of nitrogens with two attached hydrogens (primary N) is 1. The minimum Gasteiger partial charge on any atom is -0.389 e. The molecule has 116 valence electrons. The zero-order chi connectivity index (χ0) is 15.7. The van der Waals surface area contributed by atoms with Gasteiger partial charge >= 0.3 is 0 Å². The first-order valence-electron chi connectivity index (χ1n) is 7.34. The van der Waals surface area contributed by atoms with E-state index in [1.807, 2.05) is 18.2 Å². The SMILES string of the molecule is CCCC(C)OCCCC(=O)Nc1cccc(C(N)=S)c1. The number of rotatable bonds is 9. The number of amides is 1. The van der Waals surface area contributed by atoms with Crippen LogP contribution >= 0.6 is 12.2 Å². The van der Waals surface area contributed by atoms with Gasteiger partial charge in [0.25, 0.3) is 0 Å². The van der Waals surface area contributed by atoms with Gasteiger partial charge in [-0.3, -0.25) is 4.79 Å². The van der Waals surface area contributed by atoms with Crippen molar-refractivity contribution in [1.82, 2.24) is 0 Å². The van der Waals surface area contributed by atoms with E-state index >= 15 is 0 Å². The number of hydrogen-bond acceptors (Lipinski definition) is 3. The monoisotopic (exact) mass is 308 g/mol. The van der Waals surface area contributed by atoms with Gasteiger partial charge in [-0.15, -0.1) is 0 Å². The average Bonchev–Trinajstić information content (AvgIpc) is 2.44. The van der Waals surface area contributed by atoms with Crippen LogP contribution in [-0.4, -0.2) is 23.6 Å². The highest BCUT2D eigenvalue weighted by molar-refractivity contribution is 7.80. The minimum absolute atomic E-state index is 0.0261. The molecule has 1 aromatic rings. The molecule has 5 heteroatoms. The molecule has 0 spiro atoms. The number of anilines is 1. The Bertz CT molecular complexity index is 477. The minimum atomic E-state index is -0.0261. The van der Waals surface area contributed by atoms with Crippen LogP contribution in [0.15, 0.2) is 24.3 Å². The number of hydrogen-bond donors (Lipinski definition) is 2. The molecule has 0 heterocycles. The third kappa shape index (κ3) is 7.20. The molecule has 0 aliphatic carbocycles. The van der Waals surface area contributed by atoms with Crippen molar-refractivity contribution >= 4 is 28.8 Å². The second kappa shape index (κ2) is 9.47. The van der Waals surface area contributed by atoms with E-state index in [9.17, 15) is 4.79 Å². The number of thiocarbonyl (C=S) groups is 1. The molecule has 0 saturated heterocycles. The Kier molecular flexibility index (Phi) is 7.93. The molecule has 4 nitrogen and oxygen atoms in total. The lowest BCUT2D eigenvalue weighted by atomic mass is 10.2. The molecule has 21 heavy (non-hydrogen) atoms. The fourth-order valence-corrected chi connectivity index (χ4v) is 2.11. The summed E-state index contributed by atoms with van der Waals surface area (Å²) in [5, 5.41) is 2.84. The maximum absolute atomic E-state index is 11.8. The van der Waals surface area contributed by atoms with Crippen LogP contribution in [-0.2, 0) is 9.53 Å². The van der Waals surface area contributed by atoms with Crippen molar-refractivity contribution < 1.29 is 9.53 Å². The zero-order valence-electron chi connectivity index (χ0n) is 12.7. The quantitative estimate of drug-likeness (QED) is 0.543. The molecule has 0 aliphatic rings. The number of carbonyl (C=O) groups is 1. The Labute approximate surface area is 132 Å². The molecule has 0 fully saturated rings. The third-order valence-electron chi connectivity index (χ3n) is 3.08. The maximum Gasteiger partial charge on any atom is 0.224 e. The van der Waals surface area contributed by atoms with Crippen molar-refractivity contribution in [3.63, 3.8) is 0 Å². The van der Waals surface area contributed by atoms with Gasteiger partial charge in [0, 0.05) is 24.3 Å². The van der Waals surface area contributed by atoms with E-state index in [2.05, 4.69) is 19.2 Å². The molecule has 0 aliphatic heterocycles. The largest absolute Gasteiger partial charge is 0.389 e. The summed E-state index contributed by atoms with van der Waals surface area (Å²) >= 11 is 4.92. The van der Waals surface area contributed by atoms with Crippen molar-refractivity contribution in [2.24, 2.45) is 5.73 Å². The first-order valence-corrected chi connectivity index (χ1v) is 7.75. The van der Waals surface area contributed by atoms with Gasteiger partial charge in [0.05, 0.1) is 6.10 Å². The molecule has 1 rings (SSSR count). The second-order valence-corrected chi connectivity index (χ2v) is 5.51. The Morgan fingerprint density at radius 1 is 1.48 bits per heavy atom. The van der Waals surface area contributed by atoms with Crippen molar-refractivity contribution in [1.29, 1.82) is 0 Å². The highest BCUT2D eigenvalue weighted by atomic mass is 32.1. The summed E-state index contributed by atoms with van der Waals surface area (Å²) in [5.41, 5.74) is 7.03. The lowest BCUT2D eigenvalue weighted by Crippen LogP contribution is -2.15. The summed E-state index contributed by atoms with van der Waals surface area (Å²) < 4.78 is 5.62. The van der Waals surface area contributed by atoms with Crippen molar-refractivity contribution in [3.05, 3.63) is 29.8 Å². The van der Waals surface area contributed by atoms with Crippen LogP contribution in [0.3, 0.4) is 0 Å². The van der Waals surface area contributed by atoms with Crippen molar-refractivity contribution in [2.45, 2.75) is 45.6 Å². The summed E-state index contributed by atoms with van der Waals surface area (Å²) in [7, 11) is 0. The van der Waals surface area contributed by atoms with Crippen molar-refractivity contribution in [2.75, 3.05) is 11.9 Å². The first kappa shape index (κ1) is 17.6. The smallest absolute Gasteiger partial charge is 0.224 e. The van der Waals surface area contributed by atoms with E-state index in [4.69, 9.17) is 22.7 Å². The Morgan fingerprint density at radius 2 is 2.24 bits per heavy atom. The molecule has 1 aromatic carbocycles. The van der Waals surface area contributed by atoms with E-state index in [1.165, 1.54) is 0 Å². The van der Waals surface area contributed by atoms with Gasteiger partial charge in [0.1, 0.15) is 4.99 Å². The Morgan fingerprint density at radius 3 is 2.90 bits per heavy atom. The maximum atomic E-state index is 11.8. The van der Waals surface area contributed by atoms with Crippen LogP contribution in [0.4, 0.5) is 5.69 Å².